The van der Waals surface area contributed by atoms with Gasteiger partial charge in [0.1, 0.15) is 5.75 Å². The van der Waals surface area contributed by atoms with Crippen LogP contribution in [0.25, 0.3) is 0 Å². The van der Waals surface area contributed by atoms with Crippen molar-refractivity contribution in [3.8, 4) is 5.75 Å². The number of carboxylic acid groups (broad SMARTS) is 1. The lowest BCUT2D eigenvalue weighted by Gasteiger charge is -2.32. The van der Waals surface area contributed by atoms with Gasteiger partial charge in [-0.3, -0.25) is 9.69 Å². The largest absolute Gasteiger partial charge is 0.493 e. The molecule has 2 aromatic rings. The summed E-state index contributed by atoms with van der Waals surface area (Å²) in [6, 6.07) is 9.08. The van der Waals surface area contributed by atoms with Crippen molar-refractivity contribution in [3.05, 3.63) is 64.7 Å². The van der Waals surface area contributed by atoms with Crippen LogP contribution >= 0.6 is 0 Å². The Morgan fingerprint density at radius 2 is 1.68 bits per heavy atom. The number of carbonyl (C=O) groups is 1. The molecule has 38 heavy (non-hydrogen) atoms. The van der Waals surface area contributed by atoms with Crippen LogP contribution in [-0.2, 0) is 23.7 Å². The maximum Gasteiger partial charge on any atom is 0.416 e. The molecule has 0 radical (unpaired) electrons. The first-order chi connectivity index (χ1) is 17.8. The number of nitrogens with zero attached hydrogens (tertiary/aromatic N) is 1. The highest BCUT2D eigenvalue weighted by atomic mass is 19.4. The SMILES string of the molecule is C[C@H](C(=O)O)[C@H](c1cccc(OCC2CCN(Cc3cc(C(F)(F)F)ccc3C(F)(F)F)CC2)c1)C1CC1. The van der Waals surface area contributed by atoms with Gasteiger partial charge in [0.25, 0.3) is 0 Å². The first kappa shape index (κ1) is 28.3. The summed E-state index contributed by atoms with van der Waals surface area (Å²) in [5.74, 6) is -0.251. The highest BCUT2D eigenvalue weighted by Crippen LogP contribution is 2.47. The summed E-state index contributed by atoms with van der Waals surface area (Å²) in [5.41, 5.74) is -1.57. The van der Waals surface area contributed by atoms with Gasteiger partial charge >= 0.3 is 18.3 Å². The third-order valence-corrected chi connectivity index (χ3v) is 7.63. The molecule has 4 nitrogen and oxygen atoms in total. The van der Waals surface area contributed by atoms with Gasteiger partial charge in [-0.15, -0.1) is 0 Å². The van der Waals surface area contributed by atoms with Crippen LogP contribution in [0.15, 0.2) is 42.5 Å². The van der Waals surface area contributed by atoms with Crippen LogP contribution in [0, 0.1) is 17.8 Å². The van der Waals surface area contributed by atoms with E-state index < -0.39 is 35.4 Å². The Balaban J connectivity index is 1.34. The molecule has 1 aliphatic carbocycles. The molecule has 4 rings (SSSR count). The van der Waals surface area contributed by atoms with E-state index in [4.69, 9.17) is 4.74 Å². The van der Waals surface area contributed by atoms with Crippen molar-refractivity contribution in [2.45, 2.75) is 57.4 Å². The highest BCUT2D eigenvalue weighted by molar-refractivity contribution is 5.71. The predicted molar refractivity (Wildman–Crippen MR) is 129 cm³/mol. The molecule has 0 bridgehead atoms. The summed E-state index contributed by atoms with van der Waals surface area (Å²) >= 11 is 0. The average molecular weight is 544 g/mol. The van der Waals surface area contributed by atoms with Crippen LogP contribution in [-0.4, -0.2) is 35.7 Å². The maximum absolute atomic E-state index is 13.4. The molecule has 1 saturated carbocycles. The fourth-order valence-corrected chi connectivity index (χ4v) is 5.33. The molecule has 0 aromatic heterocycles. The quantitative estimate of drug-likeness (QED) is 0.339. The number of hydrogen-bond donors (Lipinski definition) is 1. The summed E-state index contributed by atoms with van der Waals surface area (Å²) in [6.07, 6.45) is -6.15. The molecule has 10 heteroatoms. The predicted octanol–water partition coefficient (Wildman–Crippen LogP) is 7.23. The number of carboxylic acids is 1. The smallest absolute Gasteiger partial charge is 0.416 e. The standard InChI is InChI=1S/C28H31F6NO3/c1-17(26(36)37)25(19-5-6-19)20-3-2-4-23(14-20)38-16-18-9-11-35(12-10-18)15-21-13-22(27(29,30)31)7-8-24(21)28(32,33)34/h2-4,7-8,13-14,17-19,25H,5-6,9-12,15-16H2,1H3,(H,36,37)/t17-,25-/m0/s1. The van der Waals surface area contributed by atoms with Crippen molar-refractivity contribution in [1.29, 1.82) is 0 Å². The molecule has 208 valence electrons. The van der Waals surface area contributed by atoms with Crippen molar-refractivity contribution >= 4 is 5.97 Å². The van der Waals surface area contributed by atoms with E-state index in [9.17, 15) is 36.2 Å². The summed E-state index contributed by atoms with van der Waals surface area (Å²) in [5, 5.41) is 9.51. The normalized spacial score (nSPS) is 19.2. The molecule has 1 heterocycles. The van der Waals surface area contributed by atoms with Crippen LogP contribution < -0.4 is 4.74 Å². The van der Waals surface area contributed by atoms with Gasteiger partial charge in [-0.1, -0.05) is 19.1 Å². The minimum atomic E-state index is -4.74. The van der Waals surface area contributed by atoms with E-state index in [0.29, 0.717) is 62.4 Å². The van der Waals surface area contributed by atoms with Crippen LogP contribution in [0.4, 0.5) is 26.3 Å². The van der Waals surface area contributed by atoms with Crippen LogP contribution in [0.3, 0.4) is 0 Å². The first-order valence-corrected chi connectivity index (χ1v) is 12.8. The number of halogens is 6. The summed E-state index contributed by atoms with van der Waals surface area (Å²) in [7, 11) is 0. The second-order valence-electron chi connectivity index (χ2n) is 10.5. The zero-order chi connectivity index (χ0) is 27.7. The summed E-state index contributed by atoms with van der Waals surface area (Å²) in [4.78, 5) is 13.3. The van der Waals surface area contributed by atoms with Crippen molar-refractivity contribution in [1.82, 2.24) is 4.90 Å². The van der Waals surface area contributed by atoms with E-state index in [0.717, 1.165) is 18.4 Å². The van der Waals surface area contributed by atoms with E-state index in [1.807, 2.05) is 24.3 Å². The minimum Gasteiger partial charge on any atom is -0.493 e. The highest BCUT2D eigenvalue weighted by Gasteiger charge is 2.39. The Labute approximate surface area is 217 Å². The van der Waals surface area contributed by atoms with Gasteiger partial charge in [0.2, 0.25) is 0 Å². The average Bonchev–Trinajstić information content (AvgIpc) is 3.68. The van der Waals surface area contributed by atoms with Crippen molar-refractivity contribution < 1.29 is 41.0 Å². The number of benzene rings is 2. The number of alkyl halides is 6. The molecule has 2 aromatic carbocycles. The van der Waals surface area contributed by atoms with Crippen molar-refractivity contribution in [3.63, 3.8) is 0 Å². The molecule has 1 N–H and O–H groups in total. The Morgan fingerprint density at radius 3 is 2.26 bits per heavy atom. The zero-order valence-electron chi connectivity index (χ0n) is 21.0. The van der Waals surface area contributed by atoms with Crippen molar-refractivity contribution in [2.24, 2.45) is 17.8 Å². The van der Waals surface area contributed by atoms with Gasteiger partial charge in [0.05, 0.1) is 23.7 Å². The Hall–Kier alpha value is -2.75. The van der Waals surface area contributed by atoms with Gasteiger partial charge in [-0.05, 0) is 98.0 Å². The fourth-order valence-electron chi connectivity index (χ4n) is 5.33. The topological polar surface area (TPSA) is 49.8 Å². The number of likely N-dealkylation sites (tertiary alicyclic amines) is 1. The Kier molecular flexibility index (Phi) is 8.30. The van der Waals surface area contributed by atoms with E-state index in [1.54, 1.807) is 11.8 Å². The number of piperidine rings is 1. The first-order valence-electron chi connectivity index (χ1n) is 12.8. The minimum absolute atomic E-state index is 0.0725. The van der Waals surface area contributed by atoms with Crippen LogP contribution in [0.5, 0.6) is 5.75 Å². The molecule has 1 aliphatic heterocycles. The lowest BCUT2D eigenvalue weighted by atomic mass is 9.83. The van der Waals surface area contributed by atoms with E-state index in [1.165, 1.54) is 0 Å². The Bertz CT molecular complexity index is 1120. The Morgan fingerprint density at radius 1 is 1.00 bits per heavy atom. The van der Waals surface area contributed by atoms with Gasteiger partial charge in [-0.2, -0.15) is 26.3 Å². The molecule has 0 amide bonds. The van der Waals surface area contributed by atoms with Gasteiger partial charge in [0, 0.05) is 6.54 Å². The summed E-state index contributed by atoms with van der Waals surface area (Å²) < 4.78 is 85.6. The van der Waals surface area contributed by atoms with Crippen LogP contribution in [0.1, 0.15) is 60.8 Å². The number of aliphatic carboxylic acids is 1. The van der Waals surface area contributed by atoms with Gasteiger partial charge in [0.15, 0.2) is 0 Å². The summed E-state index contributed by atoms with van der Waals surface area (Å²) in [6.45, 7) is 2.81. The lowest BCUT2D eigenvalue weighted by molar-refractivity contribution is -0.142. The van der Waals surface area contributed by atoms with E-state index in [-0.39, 0.29) is 23.9 Å². The number of hydrogen-bond acceptors (Lipinski definition) is 3. The lowest BCUT2D eigenvalue weighted by Crippen LogP contribution is -2.35. The number of rotatable bonds is 9. The monoisotopic (exact) mass is 543 g/mol. The molecule has 2 aliphatic rings. The molecule has 2 atom stereocenters. The molecule has 0 unspecified atom stereocenters. The third kappa shape index (κ3) is 7.01. The molecule has 2 fully saturated rings. The molecule has 1 saturated heterocycles. The van der Waals surface area contributed by atoms with Crippen LogP contribution in [0.2, 0.25) is 0 Å². The second kappa shape index (κ2) is 11.2. The van der Waals surface area contributed by atoms with E-state index in [2.05, 4.69) is 0 Å². The van der Waals surface area contributed by atoms with Gasteiger partial charge in [-0.25, -0.2) is 0 Å². The van der Waals surface area contributed by atoms with Crippen molar-refractivity contribution in [2.75, 3.05) is 19.7 Å². The molecular weight excluding hydrogens is 512 g/mol. The fraction of sp³-hybridized carbons (Fsp3) is 0.536. The molecular formula is C28H31F6NO3. The third-order valence-electron chi connectivity index (χ3n) is 7.63. The maximum atomic E-state index is 13.4. The number of ether oxygens (including phenoxy) is 1. The van der Waals surface area contributed by atoms with Gasteiger partial charge < -0.3 is 9.84 Å². The second-order valence-corrected chi connectivity index (χ2v) is 10.5. The van der Waals surface area contributed by atoms with E-state index >= 15 is 0 Å². The zero-order valence-corrected chi connectivity index (χ0v) is 21.0. The molecule has 0 spiro atoms.